The predicted octanol–water partition coefficient (Wildman–Crippen LogP) is 4.50. The molecule has 0 radical (unpaired) electrons. The summed E-state index contributed by atoms with van der Waals surface area (Å²) >= 11 is 6.28. The number of nitrogens with zero attached hydrogens (tertiary/aromatic N) is 3. The van der Waals surface area contributed by atoms with Crippen molar-refractivity contribution in [1.29, 1.82) is 0 Å². The van der Waals surface area contributed by atoms with Crippen LogP contribution in [-0.4, -0.2) is 62.8 Å². The van der Waals surface area contributed by atoms with E-state index in [4.69, 9.17) is 11.6 Å². The highest BCUT2D eigenvalue weighted by Crippen LogP contribution is 2.28. The Morgan fingerprint density at radius 1 is 1.06 bits per heavy atom. The first-order valence-electron chi connectivity index (χ1n) is 11.1. The largest absolute Gasteiger partial charge is 0.369 e. The molecule has 0 aromatic heterocycles. The Labute approximate surface area is 201 Å². The van der Waals surface area contributed by atoms with Gasteiger partial charge in [0, 0.05) is 50.5 Å². The zero-order chi connectivity index (χ0) is 24.3. The van der Waals surface area contributed by atoms with Crippen molar-refractivity contribution in [3.63, 3.8) is 0 Å². The van der Waals surface area contributed by atoms with Gasteiger partial charge in [0.05, 0.1) is 5.02 Å². The molecule has 0 N–H and O–H groups in total. The first kappa shape index (κ1) is 25.5. The third kappa shape index (κ3) is 5.86. The zero-order valence-corrected chi connectivity index (χ0v) is 21.0. The van der Waals surface area contributed by atoms with E-state index in [0.717, 1.165) is 12.1 Å². The molecule has 1 amide bonds. The Morgan fingerprint density at radius 2 is 1.67 bits per heavy atom. The highest BCUT2D eigenvalue weighted by atomic mass is 35.5. The number of hydrogen-bond donors (Lipinski definition) is 0. The molecule has 9 heteroatoms. The highest BCUT2D eigenvalue weighted by molar-refractivity contribution is 7.89. The molecule has 2 aromatic rings. The lowest BCUT2D eigenvalue weighted by Crippen LogP contribution is -2.48. The van der Waals surface area contributed by atoms with Crippen molar-refractivity contribution >= 4 is 33.2 Å². The van der Waals surface area contributed by atoms with Crippen LogP contribution < -0.4 is 4.90 Å². The molecule has 1 aliphatic rings. The highest BCUT2D eigenvalue weighted by Gasteiger charge is 2.31. The Morgan fingerprint density at radius 3 is 2.24 bits per heavy atom. The number of benzene rings is 2. The second-order valence-electron chi connectivity index (χ2n) is 8.91. The average Bonchev–Trinajstić information content (AvgIpc) is 2.78. The van der Waals surface area contributed by atoms with Gasteiger partial charge in [-0.05, 0) is 61.7 Å². The molecular formula is C24H31ClFN3O3S. The van der Waals surface area contributed by atoms with Crippen LogP contribution in [0.5, 0.6) is 0 Å². The fourth-order valence-corrected chi connectivity index (χ4v) is 5.98. The van der Waals surface area contributed by atoms with E-state index in [1.54, 1.807) is 30.1 Å². The summed E-state index contributed by atoms with van der Waals surface area (Å²) in [4.78, 5) is 16.6. The minimum Gasteiger partial charge on any atom is -0.369 e. The Balaban J connectivity index is 1.77. The number of carbonyl (C=O) groups is 1. The van der Waals surface area contributed by atoms with Gasteiger partial charge in [-0.15, -0.1) is 0 Å². The predicted molar refractivity (Wildman–Crippen MR) is 130 cm³/mol. The molecule has 33 heavy (non-hydrogen) atoms. The summed E-state index contributed by atoms with van der Waals surface area (Å²) in [7, 11) is -2.15. The number of anilines is 1. The van der Waals surface area contributed by atoms with E-state index in [9.17, 15) is 17.6 Å². The van der Waals surface area contributed by atoms with E-state index in [2.05, 4.69) is 13.8 Å². The molecule has 1 saturated heterocycles. The van der Waals surface area contributed by atoms with Crippen LogP contribution in [0.25, 0.3) is 0 Å². The van der Waals surface area contributed by atoms with Gasteiger partial charge in [-0.1, -0.05) is 25.4 Å². The van der Waals surface area contributed by atoms with Crippen molar-refractivity contribution in [2.45, 2.75) is 38.1 Å². The Bertz CT molecular complexity index is 1080. The number of hydrogen-bond acceptors (Lipinski definition) is 4. The number of carbonyl (C=O) groups excluding carboxylic acids is 1. The third-order valence-electron chi connectivity index (χ3n) is 6.02. The molecule has 3 rings (SSSR count). The molecule has 1 heterocycles. The lowest BCUT2D eigenvalue weighted by atomic mass is 10.0. The summed E-state index contributed by atoms with van der Waals surface area (Å²) in [5, 5.41) is 0.0883. The van der Waals surface area contributed by atoms with Crippen LogP contribution in [0, 0.1) is 11.7 Å². The molecule has 0 bridgehead atoms. The molecule has 1 fully saturated rings. The van der Waals surface area contributed by atoms with Gasteiger partial charge < -0.3 is 9.80 Å². The SMILES string of the molecule is CC(C)CC(C)N(C)C(=O)c1ccc(Cl)c(S(=O)(=O)N2CCN(c3ccc(F)cc3)CC2)c1. The van der Waals surface area contributed by atoms with Crippen molar-refractivity contribution in [2.24, 2.45) is 5.92 Å². The van der Waals surface area contributed by atoms with E-state index >= 15 is 0 Å². The lowest BCUT2D eigenvalue weighted by Gasteiger charge is -2.35. The molecule has 1 aliphatic heterocycles. The molecule has 2 aromatic carbocycles. The van der Waals surface area contributed by atoms with E-state index in [-0.39, 0.29) is 40.8 Å². The van der Waals surface area contributed by atoms with E-state index in [0.29, 0.717) is 24.6 Å². The van der Waals surface area contributed by atoms with Gasteiger partial charge in [-0.2, -0.15) is 4.31 Å². The van der Waals surface area contributed by atoms with Crippen molar-refractivity contribution in [3.05, 3.63) is 58.9 Å². The number of piperazine rings is 1. The van der Waals surface area contributed by atoms with Crippen LogP contribution in [0.2, 0.25) is 5.02 Å². The normalized spacial score (nSPS) is 16.2. The van der Waals surface area contributed by atoms with Gasteiger partial charge in [-0.25, -0.2) is 12.8 Å². The maximum absolute atomic E-state index is 13.4. The van der Waals surface area contributed by atoms with Crippen molar-refractivity contribution in [1.82, 2.24) is 9.21 Å². The Kier molecular flexibility index (Phi) is 8.03. The van der Waals surface area contributed by atoms with Crippen LogP contribution in [-0.2, 0) is 10.0 Å². The monoisotopic (exact) mass is 495 g/mol. The molecule has 180 valence electrons. The molecule has 0 aliphatic carbocycles. The van der Waals surface area contributed by atoms with Crippen LogP contribution in [0.15, 0.2) is 47.4 Å². The summed E-state index contributed by atoms with van der Waals surface area (Å²) < 4.78 is 41.3. The molecule has 1 atom stereocenters. The minimum absolute atomic E-state index is 0.0211. The summed E-state index contributed by atoms with van der Waals surface area (Å²) in [6.07, 6.45) is 0.847. The van der Waals surface area contributed by atoms with Crippen LogP contribution in [0.4, 0.5) is 10.1 Å². The number of halogens is 2. The van der Waals surface area contributed by atoms with Gasteiger partial charge in [0.15, 0.2) is 0 Å². The maximum Gasteiger partial charge on any atom is 0.253 e. The number of rotatable bonds is 7. The van der Waals surface area contributed by atoms with Gasteiger partial charge in [0.1, 0.15) is 10.7 Å². The van der Waals surface area contributed by atoms with Crippen LogP contribution in [0.3, 0.4) is 0 Å². The first-order valence-corrected chi connectivity index (χ1v) is 12.9. The van der Waals surface area contributed by atoms with Crippen LogP contribution >= 0.6 is 11.6 Å². The van der Waals surface area contributed by atoms with Crippen molar-refractivity contribution < 1.29 is 17.6 Å². The van der Waals surface area contributed by atoms with Gasteiger partial charge in [0.25, 0.3) is 5.91 Å². The average molecular weight is 496 g/mol. The first-order chi connectivity index (χ1) is 15.5. The minimum atomic E-state index is -3.88. The third-order valence-corrected chi connectivity index (χ3v) is 8.40. The summed E-state index contributed by atoms with van der Waals surface area (Å²) in [6, 6.07) is 10.6. The van der Waals surface area contributed by atoms with Crippen LogP contribution in [0.1, 0.15) is 37.6 Å². The zero-order valence-electron chi connectivity index (χ0n) is 19.5. The lowest BCUT2D eigenvalue weighted by molar-refractivity contribution is 0.0728. The fraction of sp³-hybridized carbons (Fsp3) is 0.458. The summed E-state index contributed by atoms with van der Waals surface area (Å²) in [5.74, 6) is -0.115. The van der Waals surface area contributed by atoms with Crippen molar-refractivity contribution in [3.8, 4) is 0 Å². The fourth-order valence-electron chi connectivity index (χ4n) is 4.06. The Hall–Kier alpha value is -2.16. The second-order valence-corrected chi connectivity index (χ2v) is 11.2. The molecular weight excluding hydrogens is 465 g/mol. The quantitative estimate of drug-likeness (QED) is 0.567. The molecule has 1 unspecified atom stereocenters. The molecule has 0 spiro atoms. The standard InChI is InChI=1S/C24H31ClFN3O3S/c1-17(2)15-18(3)27(4)24(30)19-5-10-22(25)23(16-19)33(31,32)29-13-11-28(12-14-29)21-8-6-20(26)7-9-21/h5-10,16-18H,11-15H2,1-4H3. The summed E-state index contributed by atoms with van der Waals surface area (Å²) in [5.41, 5.74) is 1.14. The number of sulfonamides is 1. The second kappa shape index (κ2) is 10.4. The van der Waals surface area contributed by atoms with E-state index in [1.165, 1.54) is 28.6 Å². The smallest absolute Gasteiger partial charge is 0.253 e. The van der Waals surface area contributed by atoms with Gasteiger partial charge in [0.2, 0.25) is 10.0 Å². The van der Waals surface area contributed by atoms with E-state index in [1.807, 2.05) is 11.8 Å². The van der Waals surface area contributed by atoms with Gasteiger partial charge >= 0.3 is 0 Å². The molecule has 6 nitrogen and oxygen atoms in total. The molecule has 0 saturated carbocycles. The maximum atomic E-state index is 13.4. The van der Waals surface area contributed by atoms with Gasteiger partial charge in [-0.3, -0.25) is 4.79 Å². The topological polar surface area (TPSA) is 60.9 Å². The summed E-state index contributed by atoms with van der Waals surface area (Å²) in [6.45, 7) is 7.63. The van der Waals surface area contributed by atoms with E-state index < -0.39 is 10.0 Å². The van der Waals surface area contributed by atoms with Crippen molar-refractivity contribution in [2.75, 3.05) is 38.1 Å². The number of amides is 1.